The number of rotatable bonds is 6. The van der Waals surface area contributed by atoms with E-state index in [1.54, 1.807) is 19.1 Å². The third-order valence-electron chi connectivity index (χ3n) is 5.79. The third-order valence-corrected chi connectivity index (χ3v) is 6.72. The van der Waals surface area contributed by atoms with Crippen molar-refractivity contribution in [1.82, 2.24) is 4.98 Å². The zero-order valence-electron chi connectivity index (χ0n) is 17.7. The largest absolute Gasteiger partial charge is 0.495 e. The van der Waals surface area contributed by atoms with E-state index in [-0.39, 0.29) is 16.5 Å². The second-order valence-electron chi connectivity index (χ2n) is 7.94. The summed E-state index contributed by atoms with van der Waals surface area (Å²) in [6.45, 7) is 2.34. The number of fused-ring (bicyclic) bond motifs is 2. The minimum atomic E-state index is -3.88. The van der Waals surface area contributed by atoms with E-state index in [4.69, 9.17) is 14.9 Å². The number of nitrogens with one attached hydrogen (secondary N) is 1. The van der Waals surface area contributed by atoms with Crippen LogP contribution in [0.4, 0.5) is 10.1 Å². The lowest BCUT2D eigenvalue weighted by molar-refractivity contribution is 0.402. The average molecular weight is 444 g/mol. The third kappa shape index (κ3) is 4.36. The summed E-state index contributed by atoms with van der Waals surface area (Å²) in [5.74, 6) is -0.0265. The average Bonchev–Trinajstić information content (AvgIpc) is 2.74. The van der Waals surface area contributed by atoms with Crippen molar-refractivity contribution in [2.24, 2.45) is 5.14 Å². The quantitative estimate of drug-likeness (QED) is 0.603. The molecule has 0 spiro atoms. The van der Waals surface area contributed by atoms with Crippen LogP contribution in [0.5, 0.6) is 5.75 Å². The van der Waals surface area contributed by atoms with E-state index in [0.29, 0.717) is 24.0 Å². The fourth-order valence-corrected chi connectivity index (χ4v) is 4.93. The molecule has 4 rings (SSSR count). The summed E-state index contributed by atoms with van der Waals surface area (Å²) >= 11 is 0. The molecule has 0 unspecified atom stereocenters. The topological polar surface area (TPSA) is 94.3 Å². The standard InChI is InChI=1S/C23H26FN3O3S/c1-14-11-17-20(13-18(14)24)27-19-6-4-3-5-16(19)23(17)26-10-9-15-7-8-21(30-2)22(12-15)31(25,28)29/h7-8,11-13H,3-6,9-10H2,1-2H3,(H,26,27)(H2,25,28,29). The first kappa shape index (κ1) is 21.5. The number of methoxy groups -OCH3 is 1. The molecule has 0 amide bonds. The van der Waals surface area contributed by atoms with Crippen molar-refractivity contribution in [3.8, 4) is 5.75 Å². The number of nitrogens with two attached hydrogens (primary N) is 1. The monoisotopic (exact) mass is 443 g/mol. The van der Waals surface area contributed by atoms with Gasteiger partial charge in [0.25, 0.3) is 0 Å². The van der Waals surface area contributed by atoms with Crippen molar-refractivity contribution >= 4 is 26.6 Å². The Hall–Kier alpha value is -2.71. The van der Waals surface area contributed by atoms with Gasteiger partial charge >= 0.3 is 0 Å². The molecule has 164 valence electrons. The fraction of sp³-hybridized carbons (Fsp3) is 0.348. The second kappa shape index (κ2) is 8.43. The molecule has 0 bridgehead atoms. The predicted octanol–water partition coefficient (Wildman–Crippen LogP) is 3.87. The molecule has 1 aliphatic rings. The number of aromatic nitrogens is 1. The van der Waals surface area contributed by atoms with Crippen LogP contribution >= 0.6 is 0 Å². The Balaban J connectivity index is 1.65. The molecule has 0 saturated heterocycles. The minimum absolute atomic E-state index is 0.0228. The number of benzene rings is 2. The van der Waals surface area contributed by atoms with Gasteiger partial charge in [-0.15, -0.1) is 0 Å². The Bertz CT molecular complexity index is 1260. The van der Waals surface area contributed by atoms with Crippen LogP contribution in [0.1, 0.15) is 35.2 Å². The molecule has 3 aromatic rings. The van der Waals surface area contributed by atoms with Crippen LogP contribution < -0.4 is 15.2 Å². The fourth-order valence-electron chi connectivity index (χ4n) is 4.19. The molecule has 1 aromatic heterocycles. The highest BCUT2D eigenvalue weighted by Gasteiger charge is 2.19. The van der Waals surface area contributed by atoms with Gasteiger partial charge in [0.15, 0.2) is 0 Å². The van der Waals surface area contributed by atoms with Crippen molar-refractivity contribution in [3.63, 3.8) is 0 Å². The number of hydrogen-bond donors (Lipinski definition) is 2. The van der Waals surface area contributed by atoms with Crippen molar-refractivity contribution in [1.29, 1.82) is 0 Å². The Labute approximate surface area is 181 Å². The van der Waals surface area contributed by atoms with E-state index in [2.05, 4.69) is 5.32 Å². The molecule has 6 nitrogen and oxygen atoms in total. The van der Waals surface area contributed by atoms with Gasteiger partial charge in [0.2, 0.25) is 10.0 Å². The molecule has 0 aliphatic heterocycles. The Kier molecular flexibility index (Phi) is 5.85. The van der Waals surface area contributed by atoms with Crippen LogP contribution in [0.3, 0.4) is 0 Å². The van der Waals surface area contributed by atoms with Gasteiger partial charge in [-0.2, -0.15) is 0 Å². The molecule has 0 saturated carbocycles. The van der Waals surface area contributed by atoms with Crippen LogP contribution in [-0.2, 0) is 29.3 Å². The molecule has 31 heavy (non-hydrogen) atoms. The first-order valence-corrected chi connectivity index (χ1v) is 11.9. The summed E-state index contributed by atoms with van der Waals surface area (Å²) in [4.78, 5) is 4.71. The lowest BCUT2D eigenvalue weighted by atomic mass is 9.92. The Morgan fingerprint density at radius 2 is 1.97 bits per heavy atom. The SMILES string of the molecule is COc1ccc(CCNc2c3c(nc4cc(F)c(C)cc24)CCCC3)cc1S(N)(=O)=O. The summed E-state index contributed by atoms with van der Waals surface area (Å²) in [6.07, 6.45) is 4.61. The highest BCUT2D eigenvalue weighted by atomic mass is 32.2. The van der Waals surface area contributed by atoms with Gasteiger partial charge in [0.1, 0.15) is 16.5 Å². The maximum atomic E-state index is 14.2. The van der Waals surface area contributed by atoms with E-state index in [0.717, 1.165) is 48.0 Å². The number of nitrogens with zero attached hydrogens (tertiary/aromatic N) is 1. The lowest BCUT2D eigenvalue weighted by Crippen LogP contribution is -2.15. The summed E-state index contributed by atoms with van der Waals surface area (Å²) in [5, 5.41) is 9.77. The highest BCUT2D eigenvalue weighted by molar-refractivity contribution is 7.89. The summed E-state index contributed by atoms with van der Waals surface area (Å²) in [6, 6.07) is 8.35. The van der Waals surface area contributed by atoms with Crippen LogP contribution in [0, 0.1) is 12.7 Å². The van der Waals surface area contributed by atoms with E-state index in [1.165, 1.54) is 18.7 Å². The smallest absolute Gasteiger partial charge is 0.241 e. The number of halogens is 1. The Morgan fingerprint density at radius 3 is 2.71 bits per heavy atom. The molecule has 3 N–H and O–H groups in total. The van der Waals surface area contributed by atoms with Crippen LogP contribution in [-0.4, -0.2) is 27.1 Å². The normalized spacial score (nSPS) is 13.8. The molecule has 1 aliphatic carbocycles. The number of pyridine rings is 1. The molecule has 0 atom stereocenters. The van der Waals surface area contributed by atoms with Gasteiger partial charge in [-0.1, -0.05) is 6.07 Å². The summed E-state index contributed by atoms with van der Waals surface area (Å²) < 4.78 is 43.0. The van der Waals surface area contributed by atoms with Crippen molar-refractivity contribution < 1.29 is 17.5 Å². The zero-order valence-corrected chi connectivity index (χ0v) is 18.5. The predicted molar refractivity (Wildman–Crippen MR) is 120 cm³/mol. The zero-order chi connectivity index (χ0) is 22.2. The Morgan fingerprint density at radius 1 is 1.19 bits per heavy atom. The van der Waals surface area contributed by atoms with Crippen molar-refractivity contribution in [2.75, 3.05) is 19.0 Å². The first-order chi connectivity index (χ1) is 14.8. The molecule has 8 heteroatoms. The van der Waals surface area contributed by atoms with Gasteiger partial charge in [0.05, 0.1) is 12.6 Å². The van der Waals surface area contributed by atoms with Gasteiger partial charge in [0, 0.05) is 29.4 Å². The van der Waals surface area contributed by atoms with E-state index in [9.17, 15) is 12.8 Å². The minimum Gasteiger partial charge on any atom is -0.495 e. The van der Waals surface area contributed by atoms with Crippen LogP contribution in [0.2, 0.25) is 0 Å². The first-order valence-electron chi connectivity index (χ1n) is 10.3. The van der Waals surface area contributed by atoms with Gasteiger partial charge in [-0.3, -0.25) is 4.98 Å². The molecule has 1 heterocycles. The summed E-state index contributed by atoms with van der Waals surface area (Å²) in [5.41, 5.74) is 5.30. The van der Waals surface area contributed by atoms with Crippen LogP contribution in [0.25, 0.3) is 10.9 Å². The number of primary sulfonamides is 1. The number of hydrogen-bond acceptors (Lipinski definition) is 5. The highest BCUT2D eigenvalue weighted by Crippen LogP contribution is 2.34. The molecular weight excluding hydrogens is 417 g/mol. The number of anilines is 1. The van der Waals surface area contributed by atoms with E-state index < -0.39 is 10.0 Å². The van der Waals surface area contributed by atoms with Gasteiger partial charge < -0.3 is 10.1 Å². The molecule has 0 radical (unpaired) electrons. The van der Waals surface area contributed by atoms with Crippen molar-refractivity contribution in [2.45, 2.75) is 43.9 Å². The van der Waals surface area contributed by atoms with Crippen molar-refractivity contribution in [3.05, 3.63) is 58.5 Å². The lowest BCUT2D eigenvalue weighted by Gasteiger charge is -2.22. The maximum Gasteiger partial charge on any atom is 0.241 e. The number of sulfonamides is 1. The van der Waals surface area contributed by atoms with E-state index >= 15 is 0 Å². The number of aryl methyl sites for hydroxylation is 2. The van der Waals surface area contributed by atoms with Crippen LogP contribution in [0.15, 0.2) is 35.2 Å². The van der Waals surface area contributed by atoms with Gasteiger partial charge in [-0.05, 0) is 73.9 Å². The summed E-state index contributed by atoms with van der Waals surface area (Å²) in [7, 11) is -2.47. The maximum absolute atomic E-state index is 14.2. The second-order valence-corrected chi connectivity index (χ2v) is 9.47. The number of ether oxygens (including phenoxy) is 1. The van der Waals surface area contributed by atoms with Gasteiger partial charge in [-0.25, -0.2) is 17.9 Å². The molecule has 0 fully saturated rings. The molecule has 2 aromatic carbocycles. The van der Waals surface area contributed by atoms with E-state index in [1.807, 2.05) is 12.1 Å². The molecular formula is C23H26FN3O3S.